The molecule has 16 rings (SSSR count). The summed E-state index contributed by atoms with van der Waals surface area (Å²) >= 11 is 0. The smallest absolute Gasteiger partial charge is 0.135 e. The zero-order valence-electron chi connectivity index (χ0n) is 44.3. The molecule has 384 valence electrons. The maximum absolute atomic E-state index is 6.51. The van der Waals surface area contributed by atoms with Gasteiger partial charge in [0.2, 0.25) is 0 Å². The van der Waals surface area contributed by atoms with Gasteiger partial charge >= 0.3 is 0 Å². The predicted octanol–water partition coefficient (Wildman–Crippen LogP) is 17.0. The number of rotatable bonds is 9. The molecule has 2 N–H and O–H groups in total. The average Bonchev–Trinajstić information content (AvgIpc) is 3.74. The van der Waals surface area contributed by atoms with Gasteiger partial charge in [-0.2, -0.15) is 0 Å². The number of hydrogen-bond donors (Lipinski definition) is 2. The van der Waals surface area contributed by atoms with Gasteiger partial charge in [0.05, 0.1) is 22.2 Å². The van der Waals surface area contributed by atoms with Crippen LogP contribution in [0.1, 0.15) is 41.9 Å². The van der Waals surface area contributed by atoms with E-state index in [0.717, 1.165) is 90.9 Å². The van der Waals surface area contributed by atoms with Crippen molar-refractivity contribution < 1.29 is 4.42 Å². The van der Waals surface area contributed by atoms with Gasteiger partial charge in [-0.15, -0.1) is 0 Å². The Kier molecular flexibility index (Phi) is 11.1. The van der Waals surface area contributed by atoms with Crippen molar-refractivity contribution in [2.75, 3.05) is 0 Å². The molecule has 81 heavy (non-hydrogen) atoms. The molecule has 14 aromatic rings. The Morgan fingerprint density at radius 1 is 0.407 bits per heavy atom. The predicted molar refractivity (Wildman–Crippen MR) is 335 cm³/mol. The zero-order valence-corrected chi connectivity index (χ0v) is 44.3. The molecule has 1 aliphatic heterocycles. The molecule has 3 aromatic heterocycles. The van der Waals surface area contributed by atoms with E-state index in [4.69, 9.17) is 9.41 Å². The molecule has 2 unspecified atom stereocenters. The monoisotopic (exact) mass is 1040 g/mol. The van der Waals surface area contributed by atoms with E-state index in [-0.39, 0.29) is 6.17 Å². The van der Waals surface area contributed by atoms with Crippen LogP contribution in [0.15, 0.2) is 270 Å². The molecule has 0 radical (unpaired) electrons. The molecule has 0 saturated heterocycles. The number of benzene rings is 11. The number of fused-ring (bicyclic) bond motifs is 9. The normalized spacial score (nSPS) is 15.1. The SMILES string of the molecule is C1=c2c(n(-c3cc(-c4ccccc4)ccc3C3=NC(c4cccc5oc6ccccc6c45)NC(c4cccc(-c5ccccc5)c4)N3)c3cccc(-c4cccc5c4c4ccc(-c6ccccc6)cc4n5-c4ccccc4)c23)=CCC1. The summed E-state index contributed by atoms with van der Waals surface area (Å²) in [5, 5.41) is 16.3. The van der Waals surface area contributed by atoms with E-state index in [1.807, 2.05) is 6.07 Å². The first-order chi connectivity index (χ1) is 40.2. The van der Waals surface area contributed by atoms with Crippen molar-refractivity contribution in [3.63, 3.8) is 0 Å². The summed E-state index contributed by atoms with van der Waals surface area (Å²) in [6.07, 6.45) is 6.06. The average molecular weight is 1040 g/mol. The Balaban J connectivity index is 0.935. The highest BCUT2D eigenvalue weighted by Crippen LogP contribution is 2.43. The van der Waals surface area contributed by atoms with E-state index >= 15 is 0 Å². The molecule has 0 saturated carbocycles. The van der Waals surface area contributed by atoms with Gasteiger partial charge in [0.15, 0.2) is 0 Å². The quantitative estimate of drug-likeness (QED) is 0.151. The van der Waals surface area contributed by atoms with Crippen molar-refractivity contribution in [3.8, 4) is 55.9 Å². The fourth-order valence-electron chi connectivity index (χ4n) is 13.0. The third-order valence-electron chi connectivity index (χ3n) is 16.6. The van der Waals surface area contributed by atoms with Gasteiger partial charge < -0.3 is 18.9 Å². The van der Waals surface area contributed by atoms with Crippen molar-refractivity contribution in [1.82, 2.24) is 19.8 Å². The van der Waals surface area contributed by atoms with Crippen LogP contribution in [-0.4, -0.2) is 15.0 Å². The molecule has 0 spiro atoms. The van der Waals surface area contributed by atoms with E-state index < -0.39 is 6.17 Å². The maximum Gasteiger partial charge on any atom is 0.135 e. The second kappa shape index (κ2) is 19.3. The second-order valence-corrected chi connectivity index (χ2v) is 21.3. The first-order valence-electron chi connectivity index (χ1n) is 28.1. The molecule has 1 aliphatic carbocycles. The van der Waals surface area contributed by atoms with E-state index in [9.17, 15) is 0 Å². The highest BCUT2D eigenvalue weighted by atomic mass is 16.3. The number of amidine groups is 1. The number of aliphatic imine (C=N–C) groups is 1. The van der Waals surface area contributed by atoms with E-state index in [1.165, 1.54) is 65.6 Å². The molecule has 0 amide bonds. The van der Waals surface area contributed by atoms with Crippen LogP contribution in [0.2, 0.25) is 0 Å². The highest BCUT2D eigenvalue weighted by Gasteiger charge is 2.31. The lowest BCUT2D eigenvalue weighted by atomic mass is 9.95. The summed E-state index contributed by atoms with van der Waals surface area (Å²) in [7, 11) is 0. The van der Waals surface area contributed by atoms with Crippen LogP contribution in [0.3, 0.4) is 0 Å². The maximum atomic E-state index is 6.51. The van der Waals surface area contributed by atoms with E-state index in [1.54, 1.807) is 0 Å². The van der Waals surface area contributed by atoms with Gasteiger partial charge in [0, 0.05) is 54.3 Å². The minimum atomic E-state index is -0.443. The first kappa shape index (κ1) is 46.8. The third kappa shape index (κ3) is 7.86. The van der Waals surface area contributed by atoms with Crippen LogP contribution in [0, 0.1) is 0 Å². The number of aromatic nitrogens is 2. The zero-order chi connectivity index (χ0) is 53.4. The van der Waals surface area contributed by atoms with Crippen molar-refractivity contribution in [1.29, 1.82) is 0 Å². The topological polar surface area (TPSA) is 59.4 Å². The standard InChI is InChI=1S/C75H53N5O/c1-5-21-48(22-6-1)51-27-17-28-54(45-51)73-76-74(78-75(77-73)62-35-20-40-69-72(62)61-32-14-16-39-68(61)81-69)60-44-42-53(50-25-9-3-10-26-50)47-67(60)80-63-36-15-13-31-58(63)70-56(34-19-38-65(70)80)57-33-18-37-64-71(57)59-43-41-52(49-23-7-2-8-24-49)46-66(59)79(64)55-29-11-4-12-30-55/h1-12,14,16-47,73,75,77H,13,15H2,(H,76,78). The molecule has 0 fully saturated rings. The number of nitrogens with zero attached hydrogens (tertiary/aromatic N) is 3. The molecule has 6 heteroatoms. The summed E-state index contributed by atoms with van der Waals surface area (Å²) in [6.45, 7) is 0. The summed E-state index contributed by atoms with van der Waals surface area (Å²) < 4.78 is 11.5. The molecule has 6 nitrogen and oxygen atoms in total. The van der Waals surface area contributed by atoms with Gasteiger partial charge in [-0.25, -0.2) is 4.99 Å². The summed E-state index contributed by atoms with van der Waals surface area (Å²) in [5.74, 6) is 0.799. The summed E-state index contributed by atoms with van der Waals surface area (Å²) in [4.78, 5) is 5.78. The number of nitrogens with one attached hydrogen (secondary N) is 2. The van der Waals surface area contributed by atoms with Gasteiger partial charge in [0.25, 0.3) is 0 Å². The minimum Gasteiger partial charge on any atom is -0.456 e. The first-order valence-corrected chi connectivity index (χ1v) is 28.1. The van der Waals surface area contributed by atoms with Crippen molar-refractivity contribution >= 4 is 72.6 Å². The van der Waals surface area contributed by atoms with Crippen LogP contribution < -0.4 is 21.2 Å². The number of furan rings is 1. The lowest BCUT2D eigenvalue weighted by Crippen LogP contribution is -2.45. The summed E-state index contributed by atoms with van der Waals surface area (Å²) in [5.41, 5.74) is 19.9. The fraction of sp³-hybridized carbons (Fsp3) is 0.0533. The largest absolute Gasteiger partial charge is 0.456 e. The second-order valence-electron chi connectivity index (χ2n) is 21.3. The van der Waals surface area contributed by atoms with Crippen LogP contribution in [0.5, 0.6) is 0 Å². The van der Waals surface area contributed by atoms with Crippen molar-refractivity contribution in [2.24, 2.45) is 4.99 Å². The minimum absolute atomic E-state index is 0.315. The van der Waals surface area contributed by atoms with Gasteiger partial charge in [-0.05, 0) is 124 Å². The van der Waals surface area contributed by atoms with Crippen LogP contribution >= 0.6 is 0 Å². The molecule has 2 aliphatic rings. The Morgan fingerprint density at radius 2 is 1.00 bits per heavy atom. The Hall–Kier alpha value is -10.3. The molecule has 0 bridgehead atoms. The van der Waals surface area contributed by atoms with E-state index in [0.29, 0.717) is 0 Å². The Bertz CT molecular complexity index is 4940. The molecule has 2 atom stereocenters. The third-order valence-corrected chi connectivity index (χ3v) is 16.6. The Morgan fingerprint density at radius 3 is 1.75 bits per heavy atom. The van der Waals surface area contributed by atoms with Gasteiger partial charge in [-0.3, -0.25) is 5.32 Å². The lowest BCUT2D eigenvalue weighted by molar-refractivity contribution is 0.410. The molecule has 4 heterocycles. The van der Waals surface area contributed by atoms with Crippen LogP contribution in [0.25, 0.3) is 123 Å². The number of hydrogen-bond acceptors (Lipinski definition) is 4. The fourth-order valence-corrected chi connectivity index (χ4v) is 13.0. The molecular weight excluding hydrogens is 987 g/mol. The van der Waals surface area contributed by atoms with Crippen LogP contribution in [-0.2, 0) is 0 Å². The van der Waals surface area contributed by atoms with Gasteiger partial charge in [0.1, 0.15) is 29.3 Å². The number of para-hydroxylation sites is 2. The summed E-state index contributed by atoms with van der Waals surface area (Å²) in [6, 6.07) is 94.2. The van der Waals surface area contributed by atoms with E-state index in [2.05, 4.69) is 287 Å². The Labute approximate surface area is 468 Å². The van der Waals surface area contributed by atoms with Gasteiger partial charge in [-0.1, -0.05) is 212 Å². The van der Waals surface area contributed by atoms with Crippen molar-refractivity contribution in [3.05, 3.63) is 288 Å². The highest BCUT2D eigenvalue weighted by molar-refractivity contribution is 6.19. The van der Waals surface area contributed by atoms with Crippen LogP contribution in [0.4, 0.5) is 0 Å². The van der Waals surface area contributed by atoms with Crippen molar-refractivity contribution in [2.45, 2.75) is 25.2 Å². The molecular formula is C75H53N5O. The lowest BCUT2D eigenvalue weighted by Gasteiger charge is -2.33. The molecule has 11 aromatic carbocycles.